The zero-order valence-corrected chi connectivity index (χ0v) is 22.9. The van der Waals surface area contributed by atoms with E-state index in [0.29, 0.717) is 0 Å². The monoisotopic (exact) mass is 517 g/mol. The third-order valence-corrected chi connectivity index (χ3v) is 9.93. The SMILES string of the molecule is COc1ccc(CCN(C)CCCC2(c3ccc4ccccc4c3)SCCCS2)cc1OC.Cl. The zero-order valence-electron chi connectivity index (χ0n) is 20.4. The predicted octanol–water partition coefficient (Wildman–Crippen LogP) is 7.26. The highest BCUT2D eigenvalue weighted by Gasteiger charge is 2.35. The second-order valence-corrected chi connectivity index (χ2v) is 11.8. The molecule has 0 aromatic heterocycles. The summed E-state index contributed by atoms with van der Waals surface area (Å²) in [6.07, 6.45) is 4.74. The summed E-state index contributed by atoms with van der Waals surface area (Å²) in [4.78, 5) is 2.46. The lowest BCUT2D eigenvalue weighted by molar-refractivity contribution is 0.327. The normalized spacial score (nSPS) is 15.2. The molecule has 3 aromatic carbocycles. The minimum absolute atomic E-state index is 0. The van der Waals surface area contributed by atoms with E-state index in [2.05, 4.69) is 90.1 Å². The highest BCUT2D eigenvalue weighted by Crippen LogP contribution is 2.53. The van der Waals surface area contributed by atoms with Gasteiger partial charge in [-0.25, -0.2) is 0 Å². The Hall–Kier alpha value is -1.53. The van der Waals surface area contributed by atoms with Crippen LogP contribution < -0.4 is 9.47 Å². The van der Waals surface area contributed by atoms with Crippen molar-refractivity contribution in [2.45, 2.75) is 29.8 Å². The summed E-state index contributed by atoms with van der Waals surface area (Å²) in [5, 5.41) is 2.69. The summed E-state index contributed by atoms with van der Waals surface area (Å²) >= 11 is 4.32. The van der Waals surface area contributed by atoms with Crippen molar-refractivity contribution in [3.05, 3.63) is 71.8 Å². The molecule has 0 spiro atoms. The minimum Gasteiger partial charge on any atom is -0.493 e. The van der Waals surface area contributed by atoms with Gasteiger partial charge in [0.15, 0.2) is 11.5 Å². The van der Waals surface area contributed by atoms with E-state index in [-0.39, 0.29) is 16.5 Å². The predicted molar refractivity (Wildman–Crippen MR) is 152 cm³/mol. The molecule has 3 aromatic rings. The molecule has 0 unspecified atom stereocenters. The van der Waals surface area contributed by atoms with Crippen molar-refractivity contribution in [1.82, 2.24) is 4.90 Å². The Morgan fingerprint density at radius 2 is 1.59 bits per heavy atom. The van der Waals surface area contributed by atoms with Crippen LogP contribution in [0.15, 0.2) is 60.7 Å². The molecular formula is C28H36ClNO2S2. The van der Waals surface area contributed by atoms with Crippen LogP contribution in [0, 0.1) is 0 Å². The highest BCUT2D eigenvalue weighted by atomic mass is 35.5. The van der Waals surface area contributed by atoms with Crippen molar-refractivity contribution in [2.24, 2.45) is 0 Å². The van der Waals surface area contributed by atoms with E-state index in [1.807, 2.05) is 6.07 Å². The van der Waals surface area contributed by atoms with Crippen LogP contribution in [0.25, 0.3) is 10.8 Å². The van der Waals surface area contributed by atoms with Gasteiger partial charge in [0.2, 0.25) is 0 Å². The van der Waals surface area contributed by atoms with E-state index in [9.17, 15) is 0 Å². The van der Waals surface area contributed by atoms with Gasteiger partial charge in [-0.15, -0.1) is 35.9 Å². The summed E-state index contributed by atoms with van der Waals surface area (Å²) in [5.74, 6) is 4.11. The van der Waals surface area contributed by atoms with Gasteiger partial charge in [-0.05, 0) is 90.9 Å². The number of hydrogen-bond acceptors (Lipinski definition) is 5. The Kier molecular flexibility index (Phi) is 10.3. The summed E-state index contributed by atoms with van der Waals surface area (Å²) in [6, 6.07) is 22.1. The Bertz CT molecular complexity index is 1060. The van der Waals surface area contributed by atoms with Crippen LogP contribution in [0.2, 0.25) is 0 Å². The maximum Gasteiger partial charge on any atom is 0.160 e. The molecule has 34 heavy (non-hydrogen) atoms. The molecule has 4 rings (SSSR count). The third-order valence-electron chi connectivity index (χ3n) is 6.42. The molecule has 1 fully saturated rings. The highest BCUT2D eigenvalue weighted by molar-refractivity contribution is 8.18. The number of ether oxygens (including phenoxy) is 2. The Labute approximate surface area is 219 Å². The smallest absolute Gasteiger partial charge is 0.160 e. The van der Waals surface area contributed by atoms with Gasteiger partial charge in [-0.3, -0.25) is 0 Å². The van der Waals surface area contributed by atoms with Gasteiger partial charge in [0.25, 0.3) is 0 Å². The molecule has 0 N–H and O–H groups in total. The molecule has 0 amide bonds. The summed E-state index contributed by atoms with van der Waals surface area (Å²) in [5.41, 5.74) is 2.77. The number of halogens is 1. The van der Waals surface area contributed by atoms with Crippen LogP contribution in [0.3, 0.4) is 0 Å². The van der Waals surface area contributed by atoms with Gasteiger partial charge >= 0.3 is 0 Å². The first kappa shape index (κ1) is 27.1. The Balaban J connectivity index is 0.00000324. The van der Waals surface area contributed by atoms with E-state index in [0.717, 1.165) is 31.0 Å². The van der Waals surface area contributed by atoms with E-state index in [1.54, 1.807) is 14.2 Å². The number of methoxy groups -OCH3 is 2. The molecule has 0 radical (unpaired) electrons. The number of rotatable bonds is 10. The maximum absolute atomic E-state index is 5.45. The molecule has 1 aliphatic heterocycles. The number of likely N-dealkylation sites (N-methyl/N-ethyl adjacent to an activating group) is 1. The van der Waals surface area contributed by atoms with Crippen molar-refractivity contribution in [3.63, 3.8) is 0 Å². The molecule has 3 nitrogen and oxygen atoms in total. The van der Waals surface area contributed by atoms with E-state index >= 15 is 0 Å². The Morgan fingerprint density at radius 3 is 2.32 bits per heavy atom. The molecular weight excluding hydrogens is 482 g/mol. The van der Waals surface area contributed by atoms with E-state index < -0.39 is 0 Å². The lowest BCUT2D eigenvalue weighted by Gasteiger charge is -2.37. The summed E-state index contributed by atoms with van der Waals surface area (Å²) in [6.45, 7) is 2.16. The van der Waals surface area contributed by atoms with Gasteiger partial charge in [0.1, 0.15) is 0 Å². The molecule has 1 saturated heterocycles. The van der Waals surface area contributed by atoms with Crippen LogP contribution in [0.5, 0.6) is 11.5 Å². The quantitative estimate of drug-likeness (QED) is 0.281. The van der Waals surface area contributed by atoms with E-state index in [1.165, 1.54) is 52.7 Å². The zero-order chi connectivity index (χ0) is 23.1. The molecule has 0 saturated carbocycles. The molecule has 6 heteroatoms. The lowest BCUT2D eigenvalue weighted by Crippen LogP contribution is -2.27. The number of thioether (sulfide) groups is 2. The topological polar surface area (TPSA) is 21.7 Å². The average molecular weight is 518 g/mol. The fourth-order valence-corrected chi connectivity index (χ4v) is 7.92. The standard InChI is InChI=1S/C28H35NO2S2.ClH/c1-29(17-14-22-10-13-26(30-2)27(20-22)31-3)16-6-15-28(32-18-7-19-33-28)25-12-11-23-8-4-5-9-24(23)21-25;/h4-5,8-13,20-21H,6-7,14-19H2,1-3H3;1H. The molecule has 0 atom stereocenters. The molecule has 1 heterocycles. The summed E-state index contributed by atoms with van der Waals surface area (Å²) < 4.78 is 11.0. The molecule has 0 bridgehead atoms. The minimum atomic E-state index is 0. The second-order valence-electron chi connectivity index (χ2n) is 8.71. The van der Waals surface area contributed by atoms with Gasteiger partial charge in [-0.1, -0.05) is 42.5 Å². The first-order chi connectivity index (χ1) is 16.1. The number of benzene rings is 3. The number of nitrogens with zero attached hydrogens (tertiary/aromatic N) is 1. The molecule has 0 aliphatic carbocycles. The lowest BCUT2D eigenvalue weighted by atomic mass is 10.0. The van der Waals surface area contributed by atoms with Gasteiger partial charge in [0.05, 0.1) is 18.3 Å². The van der Waals surface area contributed by atoms with Crippen LogP contribution in [-0.4, -0.2) is 50.8 Å². The largest absolute Gasteiger partial charge is 0.493 e. The first-order valence-corrected chi connectivity index (χ1v) is 13.8. The number of fused-ring (bicyclic) bond motifs is 1. The van der Waals surface area contributed by atoms with Gasteiger partial charge in [0, 0.05) is 6.54 Å². The fourth-order valence-electron chi connectivity index (χ4n) is 4.51. The third kappa shape index (κ3) is 6.57. The Morgan fingerprint density at radius 1 is 0.853 bits per heavy atom. The molecule has 184 valence electrons. The van der Waals surface area contributed by atoms with Crippen molar-refractivity contribution in [2.75, 3.05) is 45.9 Å². The second kappa shape index (κ2) is 13.0. The van der Waals surface area contributed by atoms with Crippen molar-refractivity contribution >= 4 is 46.7 Å². The maximum atomic E-state index is 5.45. The fraction of sp³-hybridized carbons (Fsp3) is 0.429. The van der Waals surface area contributed by atoms with E-state index in [4.69, 9.17) is 9.47 Å². The van der Waals surface area contributed by atoms with Gasteiger partial charge in [-0.2, -0.15) is 0 Å². The van der Waals surface area contributed by atoms with Crippen LogP contribution in [-0.2, 0) is 10.5 Å². The van der Waals surface area contributed by atoms with Crippen LogP contribution in [0.1, 0.15) is 30.4 Å². The van der Waals surface area contributed by atoms with Crippen LogP contribution >= 0.6 is 35.9 Å². The van der Waals surface area contributed by atoms with Crippen molar-refractivity contribution in [1.29, 1.82) is 0 Å². The summed E-state index contributed by atoms with van der Waals surface area (Å²) in [7, 11) is 5.61. The van der Waals surface area contributed by atoms with Crippen molar-refractivity contribution in [3.8, 4) is 11.5 Å². The van der Waals surface area contributed by atoms with Gasteiger partial charge < -0.3 is 14.4 Å². The number of hydrogen-bond donors (Lipinski definition) is 0. The average Bonchev–Trinajstić information content (AvgIpc) is 2.87. The molecule has 1 aliphatic rings. The van der Waals surface area contributed by atoms with Crippen LogP contribution in [0.4, 0.5) is 0 Å². The first-order valence-electron chi connectivity index (χ1n) is 11.8. The van der Waals surface area contributed by atoms with Crippen molar-refractivity contribution < 1.29 is 9.47 Å².